The van der Waals surface area contributed by atoms with E-state index in [0.29, 0.717) is 11.4 Å². The van der Waals surface area contributed by atoms with Gasteiger partial charge in [-0.25, -0.2) is 4.68 Å². The second-order valence-corrected chi connectivity index (χ2v) is 8.50. The minimum Gasteiger partial charge on any atom is -0.370 e. The van der Waals surface area contributed by atoms with Gasteiger partial charge in [-0.1, -0.05) is 18.2 Å². The van der Waals surface area contributed by atoms with Gasteiger partial charge in [0.05, 0.1) is 27.8 Å². The Bertz CT molecular complexity index is 1260. The first-order chi connectivity index (χ1) is 14.5. The zero-order chi connectivity index (χ0) is 20.8. The second-order valence-electron chi connectivity index (χ2n) is 8.50. The van der Waals surface area contributed by atoms with Gasteiger partial charge in [-0.15, -0.1) is 0 Å². The molecule has 30 heavy (non-hydrogen) atoms. The van der Waals surface area contributed by atoms with Gasteiger partial charge in [0.1, 0.15) is 0 Å². The third-order valence-corrected chi connectivity index (χ3v) is 6.30. The summed E-state index contributed by atoms with van der Waals surface area (Å²) in [5.74, 6) is 0. The van der Waals surface area contributed by atoms with Gasteiger partial charge >= 0.3 is 0 Å². The molecule has 0 spiro atoms. The van der Waals surface area contributed by atoms with Crippen molar-refractivity contribution < 1.29 is 0 Å². The number of nitrogens with one attached hydrogen (secondary N) is 1. The number of rotatable bonds is 3. The lowest BCUT2D eigenvalue weighted by Crippen LogP contribution is -2.42. The summed E-state index contributed by atoms with van der Waals surface area (Å²) in [5.41, 5.74) is 4.90. The summed E-state index contributed by atoms with van der Waals surface area (Å²) in [5, 5.41) is 4.96. The average molecular weight is 402 g/mol. The first-order valence-electron chi connectivity index (χ1n) is 10.5. The van der Waals surface area contributed by atoms with Crippen molar-refractivity contribution in [3.05, 3.63) is 64.6 Å². The van der Waals surface area contributed by atoms with Crippen molar-refractivity contribution in [1.82, 2.24) is 19.7 Å². The molecule has 0 saturated carbocycles. The molecule has 2 aromatic carbocycles. The van der Waals surface area contributed by atoms with Crippen LogP contribution in [0.2, 0.25) is 0 Å². The Morgan fingerprint density at radius 3 is 2.50 bits per heavy atom. The lowest BCUT2D eigenvalue weighted by Gasteiger charge is -2.36. The number of benzene rings is 2. The number of piperidine rings is 1. The Kier molecular flexibility index (Phi) is 4.59. The van der Waals surface area contributed by atoms with Crippen LogP contribution in [0.1, 0.15) is 18.4 Å². The van der Waals surface area contributed by atoms with Crippen molar-refractivity contribution in [1.29, 1.82) is 0 Å². The molecule has 6 heteroatoms. The largest absolute Gasteiger partial charge is 0.370 e. The van der Waals surface area contributed by atoms with Gasteiger partial charge in [-0.3, -0.25) is 14.9 Å². The maximum atomic E-state index is 13.0. The molecular formula is C24H27N5O. The molecule has 5 rings (SSSR count). The van der Waals surface area contributed by atoms with E-state index in [1.807, 2.05) is 30.3 Å². The zero-order valence-electron chi connectivity index (χ0n) is 17.7. The molecule has 6 nitrogen and oxygen atoms in total. The van der Waals surface area contributed by atoms with Crippen molar-refractivity contribution >= 4 is 27.5 Å². The van der Waals surface area contributed by atoms with Crippen LogP contribution >= 0.6 is 0 Å². The summed E-state index contributed by atoms with van der Waals surface area (Å²) < 4.78 is 1.61. The maximum Gasteiger partial charge on any atom is 0.280 e. The van der Waals surface area contributed by atoms with Crippen LogP contribution in [-0.2, 0) is 0 Å². The molecule has 2 aromatic heterocycles. The minimum absolute atomic E-state index is 0.0690. The average Bonchev–Trinajstić information content (AvgIpc) is 3.11. The molecule has 0 amide bonds. The summed E-state index contributed by atoms with van der Waals surface area (Å²) in [6, 6.07) is 14.7. The fourth-order valence-corrected chi connectivity index (χ4v) is 4.61. The lowest BCUT2D eigenvalue weighted by atomic mass is 10.0. The third kappa shape index (κ3) is 3.08. The van der Waals surface area contributed by atoms with Crippen LogP contribution in [0.5, 0.6) is 0 Å². The van der Waals surface area contributed by atoms with E-state index in [2.05, 4.69) is 48.1 Å². The number of hydrogen-bond acceptors (Lipinski definition) is 4. The monoisotopic (exact) mass is 401 g/mol. The number of aromatic nitrogens is 3. The number of para-hydroxylation sites is 1. The number of aryl methyl sites for hydroxylation is 1. The molecule has 154 valence electrons. The molecule has 0 unspecified atom stereocenters. The van der Waals surface area contributed by atoms with E-state index >= 15 is 0 Å². The standard InChI is InChI=1S/C24H27N5O/c1-16-13-19-22-20(24(30)29(26-22)18-7-5-4-6-8-18)15-25-23(19)21(14-16)28-11-9-17(10-12-28)27(2)3/h4-8,13-15,17,26H,9-12H2,1-3H3. The topological polar surface area (TPSA) is 57.2 Å². The highest BCUT2D eigenvalue weighted by Crippen LogP contribution is 2.32. The molecule has 4 aromatic rings. The van der Waals surface area contributed by atoms with Crippen molar-refractivity contribution in [3.8, 4) is 5.69 Å². The first kappa shape index (κ1) is 18.9. The summed E-state index contributed by atoms with van der Waals surface area (Å²) in [4.78, 5) is 22.6. The Balaban J connectivity index is 1.65. The van der Waals surface area contributed by atoms with Crippen molar-refractivity contribution in [2.45, 2.75) is 25.8 Å². The van der Waals surface area contributed by atoms with E-state index in [-0.39, 0.29) is 5.56 Å². The van der Waals surface area contributed by atoms with E-state index in [1.54, 1.807) is 10.9 Å². The van der Waals surface area contributed by atoms with Crippen molar-refractivity contribution in [2.75, 3.05) is 32.1 Å². The predicted octanol–water partition coefficient (Wildman–Crippen LogP) is 3.71. The predicted molar refractivity (Wildman–Crippen MR) is 123 cm³/mol. The fraction of sp³-hybridized carbons (Fsp3) is 0.333. The summed E-state index contributed by atoms with van der Waals surface area (Å²) in [6.07, 6.45) is 4.01. The van der Waals surface area contributed by atoms with Crippen LogP contribution in [0.4, 0.5) is 5.69 Å². The Morgan fingerprint density at radius 2 is 1.80 bits per heavy atom. The van der Waals surface area contributed by atoms with Crippen molar-refractivity contribution in [2.24, 2.45) is 0 Å². The van der Waals surface area contributed by atoms with Crippen LogP contribution in [0.3, 0.4) is 0 Å². The minimum atomic E-state index is -0.0690. The van der Waals surface area contributed by atoms with Gasteiger partial charge in [0, 0.05) is 30.7 Å². The number of hydrogen-bond donors (Lipinski definition) is 1. The molecule has 1 fully saturated rings. The zero-order valence-corrected chi connectivity index (χ0v) is 17.7. The Labute approximate surface area is 175 Å². The smallest absolute Gasteiger partial charge is 0.280 e. The lowest BCUT2D eigenvalue weighted by molar-refractivity contribution is 0.250. The maximum absolute atomic E-state index is 13.0. The van der Waals surface area contributed by atoms with E-state index < -0.39 is 0 Å². The van der Waals surface area contributed by atoms with Gasteiger partial charge < -0.3 is 9.80 Å². The summed E-state index contributed by atoms with van der Waals surface area (Å²) in [7, 11) is 4.32. The molecule has 1 saturated heterocycles. The second kappa shape index (κ2) is 7.29. The molecule has 3 heterocycles. The molecule has 1 N–H and O–H groups in total. The highest BCUT2D eigenvalue weighted by atomic mass is 16.1. The molecular weight excluding hydrogens is 374 g/mol. The first-order valence-corrected chi connectivity index (χ1v) is 10.5. The number of nitrogens with zero attached hydrogens (tertiary/aromatic N) is 4. The normalized spacial score (nSPS) is 15.5. The molecule has 0 bridgehead atoms. The highest BCUT2D eigenvalue weighted by molar-refractivity contribution is 6.07. The number of fused-ring (bicyclic) bond motifs is 3. The third-order valence-electron chi connectivity index (χ3n) is 6.30. The van der Waals surface area contributed by atoms with Crippen molar-refractivity contribution in [3.63, 3.8) is 0 Å². The molecule has 0 atom stereocenters. The molecule has 0 radical (unpaired) electrons. The Morgan fingerprint density at radius 1 is 1.07 bits per heavy atom. The Hall–Kier alpha value is -3.12. The van der Waals surface area contributed by atoms with Crippen LogP contribution in [0.15, 0.2) is 53.5 Å². The number of aromatic amines is 1. The van der Waals surface area contributed by atoms with E-state index in [4.69, 9.17) is 4.98 Å². The fourth-order valence-electron chi connectivity index (χ4n) is 4.61. The van der Waals surface area contributed by atoms with Gasteiger partial charge in [0.2, 0.25) is 0 Å². The van der Waals surface area contributed by atoms with Gasteiger partial charge in [-0.05, 0) is 63.7 Å². The van der Waals surface area contributed by atoms with E-state index in [1.165, 1.54) is 5.56 Å². The summed E-state index contributed by atoms with van der Waals surface area (Å²) >= 11 is 0. The van der Waals surface area contributed by atoms with Crippen LogP contribution in [-0.4, -0.2) is 52.9 Å². The highest BCUT2D eigenvalue weighted by Gasteiger charge is 2.23. The van der Waals surface area contributed by atoms with Gasteiger partial charge in [0.25, 0.3) is 5.56 Å². The number of H-pyrrole nitrogens is 1. The van der Waals surface area contributed by atoms with Crippen LogP contribution in [0.25, 0.3) is 27.5 Å². The summed E-state index contributed by atoms with van der Waals surface area (Å²) in [6.45, 7) is 4.14. The van der Waals surface area contributed by atoms with Gasteiger partial charge in [-0.2, -0.15) is 0 Å². The van der Waals surface area contributed by atoms with Gasteiger partial charge in [0.15, 0.2) is 0 Å². The SMILES string of the molecule is Cc1cc(N2CCC(N(C)C)CC2)c2ncc3c(=O)n(-c4ccccc4)[nH]c3c2c1. The molecule has 0 aliphatic carbocycles. The van der Waals surface area contributed by atoms with Crippen LogP contribution < -0.4 is 10.5 Å². The van der Waals surface area contributed by atoms with E-state index in [9.17, 15) is 4.79 Å². The number of anilines is 1. The molecule has 1 aliphatic heterocycles. The molecule has 1 aliphatic rings. The quantitative estimate of drug-likeness (QED) is 0.569. The van der Waals surface area contributed by atoms with Crippen LogP contribution in [0, 0.1) is 6.92 Å². The van der Waals surface area contributed by atoms with E-state index in [0.717, 1.165) is 53.7 Å². The number of pyridine rings is 1.